The number of carbonyl (C=O) groups excluding carboxylic acids is 1. The lowest BCUT2D eigenvalue weighted by molar-refractivity contribution is -0.129. The van der Waals surface area contributed by atoms with Gasteiger partial charge in [0.15, 0.2) is 5.69 Å². The molecule has 7 nitrogen and oxygen atoms in total. The molecule has 188 valence electrons. The van der Waals surface area contributed by atoms with Gasteiger partial charge in [0, 0.05) is 55.8 Å². The zero-order valence-electron chi connectivity index (χ0n) is 21.3. The topological polar surface area (TPSA) is 69.5 Å². The Bertz CT molecular complexity index is 1490. The van der Waals surface area contributed by atoms with Gasteiger partial charge in [0.25, 0.3) is 0 Å². The molecule has 1 saturated heterocycles. The maximum absolute atomic E-state index is 15.3. The second-order valence-corrected chi connectivity index (χ2v) is 9.52. The van der Waals surface area contributed by atoms with E-state index in [1.165, 1.54) is 0 Å². The second-order valence-electron chi connectivity index (χ2n) is 9.52. The van der Waals surface area contributed by atoms with E-state index in [1.807, 2.05) is 36.1 Å². The standard InChI is InChI=1S/C29H29FN6O/c1-5-6-20-13-18(2)28(24(30)14-20)22-15-23-26(16-25(22)31-4)33-34-29(23)21-7-8-27(32-17-21)36-11-9-35(10-12-36)19(3)37/h7-8,13-17H,5-6,9-12H2,1-3H3,(H,33,34). The third-order valence-electron chi connectivity index (χ3n) is 7.03. The summed E-state index contributed by atoms with van der Waals surface area (Å²) in [5.74, 6) is 0.641. The first kappa shape index (κ1) is 24.4. The Morgan fingerprint density at radius 3 is 2.57 bits per heavy atom. The zero-order chi connectivity index (χ0) is 26.1. The highest BCUT2D eigenvalue weighted by molar-refractivity contribution is 6.00. The Morgan fingerprint density at radius 1 is 1.16 bits per heavy atom. The summed E-state index contributed by atoms with van der Waals surface area (Å²) in [6.07, 6.45) is 3.54. The minimum atomic E-state index is -0.311. The number of H-pyrrole nitrogens is 1. The van der Waals surface area contributed by atoms with Gasteiger partial charge in [0.1, 0.15) is 17.3 Å². The first-order valence-corrected chi connectivity index (χ1v) is 12.6. The number of halogens is 1. The summed E-state index contributed by atoms with van der Waals surface area (Å²) in [6.45, 7) is 16.1. The summed E-state index contributed by atoms with van der Waals surface area (Å²) in [5.41, 5.74) is 5.43. The molecular formula is C29H29FN6O. The van der Waals surface area contributed by atoms with Crippen molar-refractivity contribution in [2.24, 2.45) is 0 Å². The van der Waals surface area contributed by atoms with E-state index < -0.39 is 0 Å². The van der Waals surface area contributed by atoms with Gasteiger partial charge in [-0.3, -0.25) is 9.89 Å². The minimum absolute atomic E-state index is 0.0982. The molecule has 5 rings (SSSR count). The predicted octanol–water partition coefficient (Wildman–Crippen LogP) is 5.91. The fraction of sp³-hybridized carbons (Fsp3) is 0.310. The summed E-state index contributed by atoms with van der Waals surface area (Å²) in [7, 11) is 0. The molecule has 37 heavy (non-hydrogen) atoms. The highest BCUT2D eigenvalue weighted by Gasteiger charge is 2.21. The lowest BCUT2D eigenvalue weighted by Crippen LogP contribution is -2.48. The van der Waals surface area contributed by atoms with Gasteiger partial charge in [-0.05, 0) is 54.3 Å². The highest BCUT2D eigenvalue weighted by atomic mass is 19.1. The molecule has 1 N–H and O–H groups in total. The molecule has 3 heterocycles. The van der Waals surface area contributed by atoms with Crippen molar-refractivity contribution >= 4 is 28.3 Å². The fourth-order valence-electron chi connectivity index (χ4n) is 5.12. The van der Waals surface area contributed by atoms with E-state index in [2.05, 4.69) is 31.9 Å². The first-order valence-electron chi connectivity index (χ1n) is 12.6. The number of benzene rings is 2. The van der Waals surface area contributed by atoms with Crippen LogP contribution in [0.1, 0.15) is 31.4 Å². The SMILES string of the molecule is [C-]#[N+]c1cc2[nH]nc(-c3ccc(N4CCN(C(C)=O)CC4)nc3)c2cc1-c1c(C)cc(CCC)cc1F. The molecule has 1 amide bonds. The van der Waals surface area contributed by atoms with Crippen LogP contribution in [0.3, 0.4) is 0 Å². The molecule has 2 aromatic carbocycles. The average molecular weight is 497 g/mol. The van der Waals surface area contributed by atoms with Gasteiger partial charge in [0.2, 0.25) is 5.91 Å². The summed E-state index contributed by atoms with van der Waals surface area (Å²) in [5, 5.41) is 8.35. The van der Waals surface area contributed by atoms with Crippen LogP contribution in [0, 0.1) is 19.3 Å². The van der Waals surface area contributed by atoms with Crippen LogP contribution in [-0.2, 0) is 11.2 Å². The molecule has 0 atom stereocenters. The van der Waals surface area contributed by atoms with E-state index in [4.69, 9.17) is 6.57 Å². The van der Waals surface area contributed by atoms with Gasteiger partial charge in [0.05, 0.1) is 12.1 Å². The van der Waals surface area contributed by atoms with Crippen molar-refractivity contribution in [3.63, 3.8) is 0 Å². The summed E-state index contributed by atoms with van der Waals surface area (Å²) in [6, 6.07) is 11.1. The number of rotatable bonds is 5. The number of pyridine rings is 1. The number of aromatic nitrogens is 3. The van der Waals surface area contributed by atoms with Crippen molar-refractivity contribution in [1.82, 2.24) is 20.1 Å². The molecule has 1 fully saturated rings. The maximum Gasteiger partial charge on any atom is 0.219 e. The average Bonchev–Trinajstić information content (AvgIpc) is 3.31. The second kappa shape index (κ2) is 10.0. The highest BCUT2D eigenvalue weighted by Crippen LogP contribution is 2.40. The molecule has 0 unspecified atom stereocenters. The first-order chi connectivity index (χ1) is 17.9. The largest absolute Gasteiger partial charge is 0.353 e. The van der Waals surface area contributed by atoms with E-state index in [9.17, 15) is 4.79 Å². The van der Waals surface area contributed by atoms with Crippen LogP contribution in [0.15, 0.2) is 42.6 Å². The molecule has 0 spiro atoms. The number of hydrogen-bond acceptors (Lipinski definition) is 4. The van der Waals surface area contributed by atoms with Crippen LogP contribution < -0.4 is 4.90 Å². The monoisotopic (exact) mass is 496 g/mol. The molecule has 0 bridgehead atoms. The molecule has 0 radical (unpaired) electrons. The van der Waals surface area contributed by atoms with Crippen molar-refractivity contribution in [3.8, 4) is 22.4 Å². The number of hydrogen-bond donors (Lipinski definition) is 1. The number of piperazine rings is 1. The van der Waals surface area contributed by atoms with Gasteiger partial charge in [-0.15, -0.1) is 0 Å². The van der Waals surface area contributed by atoms with Crippen LogP contribution in [0.25, 0.3) is 38.1 Å². The van der Waals surface area contributed by atoms with Crippen molar-refractivity contribution in [2.75, 3.05) is 31.1 Å². The zero-order valence-corrected chi connectivity index (χ0v) is 21.3. The lowest BCUT2D eigenvalue weighted by atomic mass is 9.93. The fourth-order valence-corrected chi connectivity index (χ4v) is 5.12. The number of aryl methyl sites for hydroxylation is 2. The van der Waals surface area contributed by atoms with E-state index >= 15 is 4.39 Å². The van der Waals surface area contributed by atoms with Crippen LogP contribution in [0.5, 0.6) is 0 Å². The van der Waals surface area contributed by atoms with Gasteiger partial charge in [-0.1, -0.05) is 25.5 Å². The Morgan fingerprint density at radius 2 is 1.95 bits per heavy atom. The molecular weight excluding hydrogens is 467 g/mol. The van der Waals surface area contributed by atoms with Crippen molar-refractivity contribution in [3.05, 3.63) is 71.0 Å². The molecule has 1 aliphatic rings. The quantitative estimate of drug-likeness (QED) is 0.349. The smallest absolute Gasteiger partial charge is 0.219 e. The number of anilines is 1. The Balaban J connectivity index is 1.50. The predicted molar refractivity (Wildman–Crippen MR) is 144 cm³/mol. The van der Waals surface area contributed by atoms with Crippen LogP contribution in [-0.4, -0.2) is 52.2 Å². The number of amides is 1. The number of nitrogens with zero attached hydrogens (tertiary/aromatic N) is 5. The van der Waals surface area contributed by atoms with Gasteiger partial charge in [-0.25, -0.2) is 14.2 Å². The van der Waals surface area contributed by atoms with Gasteiger partial charge >= 0.3 is 0 Å². The molecule has 0 aliphatic carbocycles. The summed E-state index contributed by atoms with van der Waals surface area (Å²) >= 11 is 0. The lowest BCUT2D eigenvalue weighted by Gasteiger charge is -2.34. The Hall–Kier alpha value is -4.25. The summed E-state index contributed by atoms with van der Waals surface area (Å²) in [4.78, 5) is 24.0. The molecule has 4 aromatic rings. The third kappa shape index (κ3) is 4.65. The number of aromatic amines is 1. The Kier molecular flexibility index (Phi) is 6.62. The third-order valence-corrected chi connectivity index (χ3v) is 7.03. The van der Waals surface area contributed by atoms with E-state index in [0.717, 1.165) is 59.3 Å². The van der Waals surface area contributed by atoms with Crippen LogP contribution >= 0.6 is 0 Å². The normalized spacial score (nSPS) is 13.7. The van der Waals surface area contributed by atoms with Gasteiger partial charge < -0.3 is 9.80 Å². The number of nitrogens with one attached hydrogen (secondary N) is 1. The van der Waals surface area contributed by atoms with Crippen molar-refractivity contribution in [1.29, 1.82) is 0 Å². The summed E-state index contributed by atoms with van der Waals surface area (Å²) < 4.78 is 15.3. The maximum atomic E-state index is 15.3. The van der Waals surface area contributed by atoms with E-state index in [-0.39, 0.29) is 11.7 Å². The van der Waals surface area contributed by atoms with E-state index in [0.29, 0.717) is 35.6 Å². The Labute approximate surface area is 215 Å². The molecule has 0 saturated carbocycles. The van der Waals surface area contributed by atoms with E-state index in [1.54, 1.807) is 25.3 Å². The van der Waals surface area contributed by atoms with Crippen LogP contribution in [0.4, 0.5) is 15.9 Å². The van der Waals surface area contributed by atoms with Crippen molar-refractivity contribution < 1.29 is 9.18 Å². The number of carbonyl (C=O) groups is 1. The molecule has 1 aliphatic heterocycles. The number of fused-ring (bicyclic) bond motifs is 1. The van der Waals surface area contributed by atoms with Gasteiger partial charge in [-0.2, -0.15) is 5.10 Å². The molecule has 2 aromatic heterocycles. The minimum Gasteiger partial charge on any atom is -0.353 e. The van der Waals surface area contributed by atoms with Crippen molar-refractivity contribution in [2.45, 2.75) is 33.6 Å². The van der Waals surface area contributed by atoms with Crippen LogP contribution in [0.2, 0.25) is 0 Å². The molecule has 8 heteroatoms.